The summed E-state index contributed by atoms with van der Waals surface area (Å²) in [6, 6.07) is 0. The van der Waals surface area contributed by atoms with Crippen LogP contribution in [0.5, 0.6) is 0 Å². The van der Waals surface area contributed by atoms with Crippen molar-refractivity contribution in [2.45, 2.75) is 19.7 Å². The normalized spacial score (nSPS) is 13.4. The number of nitrogens with zero attached hydrogens (tertiary/aromatic N) is 2. The van der Waals surface area contributed by atoms with Gasteiger partial charge in [0.2, 0.25) is 0 Å². The van der Waals surface area contributed by atoms with Crippen LogP contribution < -0.4 is 5.73 Å². The van der Waals surface area contributed by atoms with Crippen LogP contribution in [0.2, 0.25) is 0 Å². The van der Waals surface area contributed by atoms with E-state index < -0.39 is 13.0 Å². The van der Waals surface area contributed by atoms with Gasteiger partial charge in [-0.25, -0.2) is 0 Å². The summed E-state index contributed by atoms with van der Waals surface area (Å²) in [5.41, 5.74) is 5.26. The minimum absolute atomic E-state index is 0.0412. The second kappa shape index (κ2) is 7.29. The van der Waals surface area contributed by atoms with Crippen molar-refractivity contribution in [2.75, 3.05) is 26.2 Å². The summed E-state index contributed by atoms with van der Waals surface area (Å²) in [5.74, 6) is -0.0412. The number of alkyl halides is 3. The van der Waals surface area contributed by atoms with Gasteiger partial charge < -0.3 is 10.9 Å². The second-order valence-electron chi connectivity index (χ2n) is 3.16. The summed E-state index contributed by atoms with van der Waals surface area (Å²) in [7, 11) is 0. The van der Waals surface area contributed by atoms with Crippen LogP contribution in [0.15, 0.2) is 5.16 Å². The predicted octanol–water partition coefficient (Wildman–Crippen LogP) is 0.981. The van der Waals surface area contributed by atoms with Crippen molar-refractivity contribution in [3.05, 3.63) is 0 Å². The minimum Gasteiger partial charge on any atom is -0.409 e. The number of nitrogens with two attached hydrogens (primary N) is 1. The summed E-state index contributed by atoms with van der Waals surface area (Å²) in [6.45, 7) is 2.15. The van der Waals surface area contributed by atoms with Crippen LogP contribution in [0.25, 0.3) is 0 Å². The summed E-state index contributed by atoms with van der Waals surface area (Å²) in [6.07, 6.45) is -3.86. The van der Waals surface area contributed by atoms with Crippen molar-refractivity contribution in [2.24, 2.45) is 10.9 Å². The van der Waals surface area contributed by atoms with Crippen LogP contribution >= 0.6 is 0 Å². The van der Waals surface area contributed by atoms with E-state index in [2.05, 4.69) is 9.89 Å². The van der Waals surface area contributed by atoms with Crippen molar-refractivity contribution in [1.82, 2.24) is 4.90 Å². The number of hydrogen-bond donors (Lipinski definition) is 2. The number of amidine groups is 1. The van der Waals surface area contributed by atoms with Gasteiger partial charge in [-0.3, -0.25) is 9.64 Å². The van der Waals surface area contributed by atoms with E-state index in [0.717, 1.165) is 6.42 Å². The highest BCUT2D eigenvalue weighted by Gasteiger charge is 2.28. The van der Waals surface area contributed by atoms with E-state index >= 15 is 0 Å². The van der Waals surface area contributed by atoms with Crippen LogP contribution in [0.3, 0.4) is 0 Å². The molecule has 0 aromatic rings. The predicted molar refractivity (Wildman–Crippen MR) is 52.1 cm³/mol. The highest BCUT2D eigenvalue weighted by atomic mass is 19.4. The minimum atomic E-state index is -4.62. The third kappa shape index (κ3) is 8.30. The SMILES string of the molecule is CCCN(CCOC(F)(F)F)CC(N)=NO. The maximum absolute atomic E-state index is 11.7. The Labute approximate surface area is 91.6 Å². The Bertz CT molecular complexity index is 221. The van der Waals surface area contributed by atoms with Gasteiger partial charge in [0.15, 0.2) is 5.84 Å². The molecule has 0 aromatic heterocycles. The Morgan fingerprint density at radius 1 is 1.44 bits per heavy atom. The molecule has 8 heteroatoms. The maximum Gasteiger partial charge on any atom is 0.522 e. The molecule has 96 valence electrons. The lowest BCUT2D eigenvalue weighted by atomic mass is 10.4. The van der Waals surface area contributed by atoms with E-state index in [-0.39, 0.29) is 18.9 Å². The standard InChI is InChI=1S/C8H16F3N3O2/c1-2-3-14(6-7(12)13-15)4-5-16-8(9,10)11/h15H,2-6H2,1H3,(H2,12,13). The molecular weight excluding hydrogens is 227 g/mol. The number of rotatable bonds is 7. The molecule has 0 atom stereocenters. The van der Waals surface area contributed by atoms with Gasteiger partial charge in [-0.2, -0.15) is 0 Å². The van der Waals surface area contributed by atoms with Crippen LogP contribution in [-0.4, -0.2) is 48.5 Å². The lowest BCUT2D eigenvalue weighted by Crippen LogP contribution is -2.37. The molecule has 3 N–H and O–H groups in total. The molecule has 0 radical (unpaired) electrons. The molecule has 5 nitrogen and oxygen atoms in total. The van der Waals surface area contributed by atoms with Crippen molar-refractivity contribution >= 4 is 5.84 Å². The average molecular weight is 243 g/mol. The van der Waals surface area contributed by atoms with Gasteiger partial charge in [0.1, 0.15) is 0 Å². The monoisotopic (exact) mass is 243 g/mol. The topological polar surface area (TPSA) is 71.1 Å². The zero-order valence-corrected chi connectivity index (χ0v) is 9.00. The summed E-state index contributed by atoms with van der Waals surface area (Å²) < 4.78 is 38.7. The molecule has 0 spiro atoms. The second-order valence-corrected chi connectivity index (χ2v) is 3.16. The molecule has 0 heterocycles. The number of halogens is 3. The van der Waals surface area contributed by atoms with Gasteiger partial charge in [0.25, 0.3) is 0 Å². The summed E-state index contributed by atoms with van der Waals surface area (Å²) >= 11 is 0. The Morgan fingerprint density at radius 2 is 2.06 bits per heavy atom. The molecule has 0 bridgehead atoms. The fourth-order valence-electron chi connectivity index (χ4n) is 1.14. The summed E-state index contributed by atoms with van der Waals surface area (Å²) in [4.78, 5) is 1.61. The molecule has 16 heavy (non-hydrogen) atoms. The number of oxime groups is 1. The van der Waals surface area contributed by atoms with E-state index in [1.165, 1.54) is 0 Å². The molecule has 0 rings (SSSR count). The Balaban J connectivity index is 3.94. The number of ether oxygens (including phenoxy) is 1. The molecular formula is C8H16F3N3O2. The summed E-state index contributed by atoms with van der Waals surface area (Å²) in [5, 5.41) is 11.1. The van der Waals surface area contributed by atoms with Crippen LogP contribution in [0.4, 0.5) is 13.2 Å². The highest BCUT2D eigenvalue weighted by Crippen LogP contribution is 2.15. The van der Waals surface area contributed by atoms with Gasteiger partial charge in [0.05, 0.1) is 13.2 Å². The zero-order valence-electron chi connectivity index (χ0n) is 9.00. The lowest BCUT2D eigenvalue weighted by molar-refractivity contribution is -0.324. The van der Waals surface area contributed by atoms with E-state index in [4.69, 9.17) is 10.9 Å². The third-order valence-electron chi connectivity index (χ3n) is 1.73. The third-order valence-corrected chi connectivity index (χ3v) is 1.73. The zero-order chi connectivity index (χ0) is 12.6. The lowest BCUT2D eigenvalue weighted by Gasteiger charge is -2.20. The first-order valence-electron chi connectivity index (χ1n) is 4.78. The van der Waals surface area contributed by atoms with E-state index in [1.54, 1.807) is 4.90 Å². The molecule has 0 fully saturated rings. The van der Waals surface area contributed by atoms with E-state index in [9.17, 15) is 13.2 Å². The van der Waals surface area contributed by atoms with Gasteiger partial charge in [0, 0.05) is 6.54 Å². The molecule has 0 aliphatic rings. The van der Waals surface area contributed by atoms with Crippen molar-refractivity contribution in [3.63, 3.8) is 0 Å². The van der Waals surface area contributed by atoms with Crippen molar-refractivity contribution < 1.29 is 23.1 Å². The van der Waals surface area contributed by atoms with Gasteiger partial charge in [-0.15, -0.1) is 13.2 Å². The van der Waals surface area contributed by atoms with Gasteiger partial charge in [-0.05, 0) is 13.0 Å². The first-order chi connectivity index (χ1) is 7.39. The molecule has 0 amide bonds. The van der Waals surface area contributed by atoms with Crippen molar-refractivity contribution in [3.8, 4) is 0 Å². The number of hydrogen-bond acceptors (Lipinski definition) is 4. The first-order valence-corrected chi connectivity index (χ1v) is 4.78. The molecule has 0 saturated carbocycles. The van der Waals surface area contributed by atoms with Crippen LogP contribution in [-0.2, 0) is 4.74 Å². The molecule has 0 aromatic carbocycles. The van der Waals surface area contributed by atoms with Crippen LogP contribution in [0, 0.1) is 0 Å². The Morgan fingerprint density at radius 3 is 2.50 bits per heavy atom. The van der Waals surface area contributed by atoms with E-state index in [1.807, 2.05) is 6.92 Å². The smallest absolute Gasteiger partial charge is 0.409 e. The van der Waals surface area contributed by atoms with Gasteiger partial charge in [-0.1, -0.05) is 12.1 Å². The fraction of sp³-hybridized carbons (Fsp3) is 0.875. The quantitative estimate of drug-likeness (QED) is 0.302. The molecule has 0 aliphatic heterocycles. The Kier molecular flexibility index (Phi) is 6.82. The molecule has 0 aliphatic carbocycles. The molecule has 0 saturated heterocycles. The van der Waals surface area contributed by atoms with Crippen LogP contribution in [0.1, 0.15) is 13.3 Å². The average Bonchev–Trinajstić information content (AvgIpc) is 2.15. The molecule has 0 unspecified atom stereocenters. The first kappa shape index (κ1) is 15.0. The fourth-order valence-corrected chi connectivity index (χ4v) is 1.14. The maximum atomic E-state index is 11.7. The van der Waals surface area contributed by atoms with Crippen molar-refractivity contribution in [1.29, 1.82) is 0 Å². The largest absolute Gasteiger partial charge is 0.522 e. The van der Waals surface area contributed by atoms with Gasteiger partial charge >= 0.3 is 6.36 Å². The highest BCUT2D eigenvalue weighted by molar-refractivity contribution is 5.81. The van der Waals surface area contributed by atoms with E-state index in [0.29, 0.717) is 6.54 Å². The Hall–Kier alpha value is -1.02.